The predicted octanol–water partition coefficient (Wildman–Crippen LogP) is 5.15. The standard InChI is InChI=1S/C15H11Cl2NO/c1-19-14-5-3-10(11-6-7-18-15(11)14)9-2-4-12(16)13(17)8-9/h2-8,18H,1H3. The molecule has 0 aliphatic rings. The summed E-state index contributed by atoms with van der Waals surface area (Å²) in [6, 6.07) is 11.6. The zero-order chi connectivity index (χ0) is 13.4. The molecule has 0 radical (unpaired) electrons. The smallest absolute Gasteiger partial charge is 0.142 e. The largest absolute Gasteiger partial charge is 0.495 e. The van der Waals surface area contributed by atoms with Gasteiger partial charge in [0.2, 0.25) is 0 Å². The first kappa shape index (κ1) is 12.4. The van der Waals surface area contributed by atoms with Crippen LogP contribution in [-0.2, 0) is 0 Å². The van der Waals surface area contributed by atoms with Crippen LogP contribution in [0.3, 0.4) is 0 Å². The topological polar surface area (TPSA) is 25.0 Å². The molecule has 2 aromatic carbocycles. The molecule has 1 heterocycles. The van der Waals surface area contributed by atoms with Gasteiger partial charge in [0.1, 0.15) is 5.75 Å². The summed E-state index contributed by atoms with van der Waals surface area (Å²) in [5, 5.41) is 2.21. The molecular weight excluding hydrogens is 281 g/mol. The number of fused-ring (bicyclic) bond motifs is 1. The minimum atomic E-state index is 0.554. The van der Waals surface area contributed by atoms with Gasteiger partial charge in [0.15, 0.2) is 0 Å². The fourth-order valence-corrected chi connectivity index (χ4v) is 2.51. The molecule has 0 fully saturated rings. The maximum atomic E-state index is 6.08. The SMILES string of the molecule is COc1ccc(-c2ccc(Cl)c(Cl)c2)c2cc[nH]c12. The van der Waals surface area contributed by atoms with Crippen molar-refractivity contribution >= 4 is 34.1 Å². The molecule has 0 aliphatic heterocycles. The first-order valence-electron chi connectivity index (χ1n) is 5.80. The molecule has 0 amide bonds. The Balaban J connectivity index is 2.25. The number of benzene rings is 2. The fourth-order valence-electron chi connectivity index (χ4n) is 2.22. The van der Waals surface area contributed by atoms with Gasteiger partial charge in [-0.2, -0.15) is 0 Å². The Morgan fingerprint density at radius 2 is 1.84 bits per heavy atom. The number of nitrogens with one attached hydrogen (secondary N) is 1. The zero-order valence-electron chi connectivity index (χ0n) is 10.2. The third kappa shape index (κ3) is 2.07. The van der Waals surface area contributed by atoms with Gasteiger partial charge >= 0.3 is 0 Å². The van der Waals surface area contributed by atoms with E-state index in [-0.39, 0.29) is 0 Å². The molecule has 2 nitrogen and oxygen atoms in total. The molecular formula is C15H11Cl2NO. The summed E-state index contributed by atoms with van der Waals surface area (Å²) < 4.78 is 5.34. The summed E-state index contributed by atoms with van der Waals surface area (Å²) in [6.07, 6.45) is 1.90. The van der Waals surface area contributed by atoms with Gasteiger partial charge in [0.25, 0.3) is 0 Å². The molecule has 4 heteroatoms. The molecule has 96 valence electrons. The summed E-state index contributed by atoms with van der Waals surface area (Å²) in [5.41, 5.74) is 3.10. The van der Waals surface area contributed by atoms with E-state index in [0.29, 0.717) is 10.0 Å². The van der Waals surface area contributed by atoms with Gasteiger partial charge in [-0.3, -0.25) is 0 Å². The van der Waals surface area contributed by atoms with E-state index in [1.165, 1.54) is 0 Å². The molecule has 0 aliphatic carbocycles. The lowest BCUT2D eigenvalue weighted by atomic mass is 10.0. The Morgan fingerprint density at radius 3 is 2.58 bits per heavy atom. The summed E-state index contributed by atoms with van der Waals surface area (Å²) in [6.45, 7) is 0. The highest BCUT2D eigenvalue weighted by Gasteiger charge is 2.10. The highest BCUT2D eigenvalue weighted by Crippen LogP contribution is 2.35. The average Bonchev–Trinajstić information content (AvgIpc) is 2.90. The van der Waals surface area contributed by atoms with E-state index in [2.05, 4.69) is 4.98 Å². The van der Waals surface area contributed by atoms with Crippen LogP contribution < -0.4 is 4.74 Å². The second-order valence-corrected chi connectivity index (χ2v) is 5.03. The van der Waals surface area contributed by atoms with Gasteiger partial charge in [-0.25, -0.2) is 0 Å². The van der Waals surface area contributed by atoms with Crippen LogP contribution in [0.4, 0.5) is 0 Å². The predicted molar refractivity (Wildman–Crippen MR) is 80.3 cm³/mol. The van der Waals surface area contributed by atoms with Crippen molar-refractivity contribution in [1.29, 1.82) is 0 Å². The molecule has 0 bridgehead atoms. The molecule has 3 rings (SSSR count). The number of H-pyrrole nitrogens is 1. The number of ether oxygens (including phenoxy) is 1. The normalized spacial score (nSPS) is 10.9. The van der Waals surface area contributed by atoms with E-state index in [9.17, 15) is 0 Å². The Hall–Kier alpha value is -1.64. The van der Waals surface area contributed by atoms with Crippen molar-refractivity contribution in [2.24, 2.45) is 0 Å². The highest BCUT2D eigenvalue weighted by molar-refractivity contribution is 6.42. The lowest BCUT2D eigenvalue weighted by molar-refractivity contribution is 0.419. The van der Waals surface area contributed by atoms with E-state index in [0.717, 1.165) is 27.8 Å². The van der Waals surface area contributed by atoms with Gasteiger partial charge in [-0.15, -0.1) is 0 Å². The minimum Gasteiger partial charge on any atom is -0.495 e. The molecule has 0 spiro atoms. The number of hydrogen-bond donors (Lipinski definition) is 1. The number of rotatable bonds is 2. The quantitative estimate of drug-likeness (QED) is 0.694. The van der Waals surface area contributed by atoms with E-state index in [1.54, 1.807) is 7.11 Å². The monoisotopic (exact) mass is 291 g/mol. The number of aromatic amines is 1. The minimum absolute atomic E-state index is 0.554. The lowest BCUT2D eigenvalue weighted by Crippen LogP contribution is -1.86. The van der Waals surface area contributed by atoms with Crippen molar-refractivity contribution in [3.05, 3.63) is 52.6 Å². The van der Waals surface area contributed by atoms with E-state index >= 15 is 0 Å². The van der Waals surface area contributed by atoms with Crippen molar-refractivity contribution in [3.8, 4) is 16.9 Å². The molecule has 0 unspecified atom stereocenters. The van der Waals surface area contributed by atoms with Gasteiger partial charge < -0.3 is 9.72 Å². The number of methoxy groups -OCH3 is 1. The molecule has 3 aromatic rings. The van der Waals surface area contributed by atoms with Gasteiger partial charge in [0, 0.05) is 11.6 Å². The van der Waals surface area contributed by atoms with Crippen LogP contribution in [0.25, 0.3) is 22.0 Å². The fraction of sp³-hybridized carbons (Fsp3) is 0.0667. The van der Waals surface area contributed by atoms with Crippen LogP contribution >= 0.6 is 23.2 Å². The first-order valence-corrected chi connectivity index (χ1v) is 6.56. The first-order chi connectivity index (χ1) is 9.20. The summed E-state index contributed by atoms with van der Waals surface area (Å²) in [4.78, 5) is 3.19. The molecule has 0 saturated carbocycles. The number of aromatic nitrogens is 1. The number of halogens is 2. The molecule has 19 heavy (non-hydrogen) atoms. The highest BCUT2D eigenvalue weighted by atomic mass is 35.5. The van der Waals surface area contributed by atoms with Crippen LogP contribution in [-0.4, -0.2) is 12.1 Å². The Morgan fingerprint density at radius 1 is 1.00 bits per heavy atom. The zero-order valence-corrected chi connectivity index (χ0v) is 11.7. The van der Waals surface area contributed by atoms with Crippen LogP contribution in [0.1, 0.15) is 0 Å². The second kappa shape index (κ2) is 4.80. The van der Waals surface area contributed by atoms with E-state index in [1.807, 2.05) is 42.6 Å². The van der Waals surface area contributed by atoms with Crippen molar-refractivity contribution in [2.75, 3.05) is 7.11 Å². The summed E-state index contributed by atoms with van der Waals surface area (Å²) >= 11 is 12.0. The van der Waals surface area contributed by atoms with Crippen molar-refractivity contribution in [2.45, 2.75) is 0 Å². The van der Waals surface area contributed by atoms with Crippen LogP contribution in [0.5, 0.6) is 5.75 Å². The van der Waals surface area contributed by atoms with Gasteiger partial charge in [0.05, 0.1) is 22.7 Å². The summed E-state index contributed by atoms with van der Waals surface area (Å²) in [5.74, 6) is 0.823. The third-order valence-electron chi connectivity index (χ3n) is 3.14. The Labute approximate surface area is 120 Å². The van der Waals surface area contributed by atoms with Crippen LogP contribution in [0, 0.1) is 0 Å². The van der Waals surface area contributed by atoms with Gasteiger partial charge in [-0.05, 0) is 41.5 Å². The van der Waals surface area contributed by atoms with Crippen LogP contribution in [0.2, 0.25) is 10.0 Å². The molecule has 1 N–H and O–H groups in total. The lowest BCUT2D eigenvalue weighted by Gasteiger charge is -2.08. The third-order valence-corrected chi connectivity index (χ3v) is 3.87. The average molecular weight is 292 g/mol. The van der Waals surface area contributed by atoms with Crippen molar-refractivity contribution in [3.63, 3.8) is 0 Å². The van der Waals surface area contributed by atoms with Crippen LogP contribution in [0.15, 0.2) is 42.6 Å². The maximum Gasteiger partial charge on any atom is 0.142 e. The molecule has 1 aromatic heterocycles. The molecule has 0 saturated heterocycles. The van der Waals surface area contributed by atoms with Crippen molar-refractivity contribution < 1.29 is 4.74 Å². The Kier molecular flexibility index (Phi) is 3.13. The molecule has 0 atom stereocenters. The second-order valence-electron chi connectivity index (χ2n) is 4.21. The van der Waals surface area contributed by atoms with E-state index < -0.39 is 0 Å². The van der Waals surface area contributed by atoms with Crippen molar-refractivity contribution in [1.82, 2.24) is 4.98 Å². The number of hydrogen-bond acceptors (Lipinski definition) is 1. The van der Waals surface area contributed by atoms with E-state index in [4.69, 9.17) is 27.9 Å². The van der Waals surface area contributed by atoms with Gasteiger partial charge in [-0.1, -0.05) is 29.3 Å². The maximum absolute atomic E-state index is 6.08. The Bertz CT molecular complexity index is 749. The summed E-state index contributed by atoms with van der Waals surface area (Å²) in [7, 11) is 1.66.